The fraction of sp³-hybridized carbons (Fsp3) is 0.0714. The number of rotatable bonds is 2. The van der Waals surface area contributed by atoms with Crippen LogP contribution in [0.2, 0.25) is 0 Å². The zero-order chi connectivity index (χ0) is 13.1. The maximum Gasteiger partial charge on any atom is 0.160 e. The van der Waals surface area contributed by atoms with Gasteiger partial charge < -0.3 is 4.74 Å². The van der Waals surface area contributed by atoms with Gasteiger partial charge in [-0.15, -0.1) is 0 Å². The van der Waals surface area contributed by atoms with Crippen LogP contribution in [0.15, 0.2) is 36.4 Å². The molecule has 0 bridgehead atoms. The van der Waals surface area contributed by atoms with Crippen molar-refractivity contribution in [2.75, 3.05) is 7.11 Å². The molecule has 0 spiro atoms. The Hall–Kier alpha value is -2.41. The molecule has 0 aromatic heterocycles. The maximum absolute atomic E-state index is 13.2. The Morgan fingerprint density at radius 2 is 1.83 bits per heavy atom. The van der Waals surface area contributed by atoms with Crippen LogP contribution in [0.4, 0.5) is 8.78 Å². The molecule has 0 aliphatic carbocycles. The van der Waals surface area contributed by atoms with Gasteiger partial charge in [-0.3, -0.25) is 0 Å². The Balaban J connectivity index is 2.63. The summed E-state index contributed by atoms with van der Waals surface area (Å²) in [7, 11) is 1.51. The first-order valence-electron chi connectivity index (χ1n) is 5.19. The van der Waals surface area contributed by atoms with Crippen LogP contribution in [0.5, 0.6) is 5.75 Å². The normalized spacial score (nSPS) is 9.89. The fourth-order valence-corrected chi connectivity index (χ4v) is 1.67. The summed E-state index contributed by atoms with van der Waals surface area (Å²) in [4.78, 5) is 0. The summed E-state index contributed by atoms with van der Waals surface area (Å²) in [6.45, 7) is 0. The van der Waals surface area contributed by atoms with Gasteiger partial charge in [0.15, 0.2) is 11.6 Å². The Morgan fingerprint density at radius 1 is 1.11 bits per heavy atom. The Bertz CT molecular complexity index is 632. The van der Waals surface area contributed by atoms with Crippen LogP contribution >= 0.6 is 0 Å². The second-order valence-electron chi connectivity index (χ2n) is 3.66. The molecule has 4 heteroatoms. The standard InChI is InChI=1S/C14H9F2NO/c1-18-11-4-2-3-9(5-11)12-7-14(16)13(15)6-10(12)8-17/h2-7H,1H3. The first-order chi connectivity index (χ1) is 8.65. The first-order valence-corrected chi connectivity index (χ1v) is 5.19. The molecule has 18 heavy (non-hydrogen) atoms. The summed E-state index contributed by atoms with van der Waals surface area (Å²) in [5.74, 6) is -1.42. The zero-order valence-electron chi connectivity index (χ0n) is 9.58. The third-order valence-corrected chi connectivity index (χ3v) is 2.56. The van der Waals surface area contributed by atoms with E-state index in [0.29, 0.717) is 16.9 Å². The fourth-order valence-electron chi connectivity index (χ4n) is 1.67. The number of ether oxygens (including phenoxy) is 1. The van der Waals surface area contributed by atoms with E-state index in [2.05, 4.69) is 0 Å². The highest BCUT2D eigenvalue weighted by atomic mass is 19.2. The molecule has 0 heterocycles. The molecule has 2 rings (SSSR count). The molecule has 0 saturated carbocycles. The average molecular weight is 245 g/mol. The van der Waals surface area contributed by atoms with Crippen LogP contribution in [0.1, 0.15) is 5.56 Å². The van der Waals surface area contributed by atoms with Crippen molar-refractivity contribution in [3.8, 4) is 22.9 Å². The molecule has 0 amide bonds. The number of hydrogen-bond acceptors (Lipinski definition) is 2. The van der Waals surface area contributed by atoms with Gasteiger partial charge in [0.25, 0.3) is 0 Å². The van der Waals surface area contributed by atoms with Crippen molar-refractivity contribution in [3.63, 3.8) is 0 Å². The van der Waals surface area contributed by atoms with E-state index in [9.17, 15) is 8.78 Å². The van der Waals surface area contributed by atoms with E-state index in [-0.39, 0.29) is 5.56 Å². The minimum atomic E-state index is -1.03. The van der Waals surface area contributed by atoms with Gasteiger partial charge in [0.05, 0.1) is 18.7 Å². The summed E-state index contributed by atoms with van der Waals surface area (Å²) in [6.07, 6.45) is 0. The maximum atomic E-state index is 13.2. The Labute approximate surface area is 103 Å². The van der Waals surface area contributed by atoms with Crippen LogP contribution in [-0.2, 0) is 0 Å². The number of benzene rings is 2. The van der Waals surface area contributed by atoms with Crippen LogP contribution < -0.4 is 4.74 Å². The van der Waals surface area contributed by atoms with Crippen LogP contribution in [-0.4, -0.2) is 7.11 Å². The second kappa shape index (κ2) is 4.84. The molecule has 0 aliphatic heterocycles. The minimum Gasteiger partial charge on any atom is -0.497 e. The molecule has 0 aliphatic rings. The predicted molar refractivity (Wildman–Crippen MR) is 63.1 cm³/mol. The molecule has 0 unspecified atom stereocenters. The predicted octanol–water partition coefficient (Wildman–Crippen LogP) is 3.51. The van der Waals surface area contributed by atoms with Gasteiger partial charge in [0, 0.05) is 5.56 Å². The van der Waals surface area contributed by atoms with E-state index >= 15 is 0 Å². The van der Waals surface area contributed by atoms with Crippen molar-refractivity contribution in [3.05, 3.63) is 53.6 Å². The zero-order valence-corrected chi connectivity index (χ0v) is 9.58. The van der Waals surface area contributed by atoms with Crippen molar-refractivity contribution in [2.45, 2.75) is 0 Å². The minimum absolute atomic E-state index is 0.0853. The third-order valence-electron chi connectivity index (χ3n) is 2.56. The van der Waals surface area contributed by atoms with Gasteiger partial charge in [-0.05, 0) is 29.8 Å². The molecule has 2 aromatic rings. The average Bonchev–Trinajstić information content (AvgIpc) is 2.41. The highest BCUT2D eigenvalue weighted by molar-refractivity contribution is 5.71. The lowest BCUT2D eigenvalue weighted by Gasteiger charge is -2.07. The van der Waals surface area contributed by atoms with Gasteiger partial charge >= 0.3 is 0 Å². The third kappa shape index (κ3) is 2.16. The summed E-state index contributed by atoms with van der Waals surface area (Å²) >= 11 is 0. The molecule has 2 aromatic carbocycles. The molecular weight excluding hydrogens is 236 g/mol. The second-order valence-corrected chi connectivity index (χ2v) is 3.66. The van der Waals surface area contributed by atoms with Crippen molar-refractivity contribution in [2.24, 2.45) is 0 Å². The lowest BCUT2D eigenvalue weighted by molar-refractivity contribution is 0.415. The Morgan fingerprint density at radius 3 is 2.50 bits per heavy atom. The topological polar surface area (TPSA) is 33.0 Å². The summed E-state index contributed by atoms with van der Waals surface area (Å²) in [6, 6.07) is 10.6. The van der Waals surface area contributed by atoms with E-state index in [1.165, 1.54) is 7.11 Å². The van der Waals surface area contributed by atoms with E-state index < -0.39 is 11.6 Å². The monoisotopic (exact) mass is 245 g/mol. The number of nitrogens with zero attached hydrogens (tertiary/aromatic N) is 1. The number of methoxy groups -OCH3 is 1. The van der Waals surface area contributed by atoms with Gasteiger partial charge in [-0.1, -0.05) is 12.1 Å². The highest BCUT2D eigenvalue weighted by Crippen LogP contribution is 2.28. The van der Waals surface area contributed by atoms with E-state index in [1.807, 2.05) is 6.07 Å². The van der Waals surface area contributed by atoms with E-state index in [0.717, 1.165) is 12.1 Å². The highest BCUT2D eigenvalue weighted by Gasteiger charge is 2.11. The van der Waals surface area contributed by atoms with Crippen molar-refractivity contribution in [1.82, 2.24) is 0 Å². The number of halogens is 2. The first kappa shape index (κ1) is 12.1. The number of nitriles is 1. The quantitative estimate of drug-likeness (QED) is 0.811. The molecule has 2 nitrogen and oxygen atoms in total. The molecule has 0 saturated heterocycles. The SMILES string of the molecule is COc1cccc(-c2cc(F)c(F)cc2C#N)c1. The van der Waals surface area contributed by atoms with Gasteiger partial charge in [-0.2, -0.15) is 5.26 Å². The summed E-state index contributed by atoms with van der Waals surface area (Å²) in [5.41, 5.74) is 1.03. The molecule has 90 valence electrons. The summed E-state index contributed by atoms with van der Waals surface area (Å²) in [5, 5.41) is 8.95. The smallest absolute Gasteiger partial charge is 0.160 e. The largest absolute Gasteiger partial charge is 0.497 e. The molecule has 0 N–H and O–H groups in total. The molecule has 0 radical (unpaired) electrons. The van der Waals surface area contributed by atoms with Gasteiger partial charge in [0.1, 0.15) is 5.75 Å². The summed E-state index contributed by atoms with van der Waals surface area (Å²) < 4.78 is 31.4. The molecular formula is C14H9F2NO. The van der Waals surface area contributed by atoms with E-state index in [4.69, 9.17) is 10.00 Å². The lowest BCUT2D eigenvalue weighted by atomic mass is 10.00. The van der Waals surface area contributed by atoms with E-state index in [1.54, 1.807) is 24.3 Å². The van der Waals surface area contributed by atoms with Crippen LogP contribution in [0.3, 0.4) is 0 Å². The lowest BCUT2D eigenvalue weighted by Crippen LogP contribution is -1.92. The van der Waals surface area contributed by atoms with Crippen molar-refractivity contribution < 1.29 is 13.5 Å². The van der Waals surface area contributed by atoms with Crippen LogP contribution in [0, 0.1) is 23.0 Å². The molecule has 0 fully saturated rings. The van der Waals surface area contributed by atoms with Crippen LogP contribution in [0.25, 0.3) is 11.1 Å². The Kier molecular flexibility index (Phi) is 3.24. The number of hydrogen-bond donors (Lipinski definition) is 0. The van der Waals surface area contributed by atoms with Gasteiger partial charge in [0.2, 0.25) is 0 Å². The van der Waals surface area contributed by atoms with Crippen molar-refractivity contribution in [1.29, 1.82) is 5.26 Å². The van der Waals surface area contributed by atoms with Crippen molar-refractivity contribution >= 4 is 0 Å². The molecule has 0 atom stereocenters. The van der Waals surface area contributed by atoms with Gasteiger partial charge in [-0.25, -0.2) is 8.78 Å².